The molecule has 0 aliphatic heterocycles. The van der Waals surface area contributed by atoms with Crippen LogP contribution in [0.3, 0.4) is 0 Å². The van der Waals surface area contributed by atoms with Crippen LogP contribution in [0.15, 0.2) is 48.5 Å². The van der Waals surface area contributed by atoms with Gasteiger partial charge in [0.05, 0.1) is 6.42 Å². The Labute approximate surface area is 124 Å². The Morgan fingerprint density at radius 3 is 2.48 bits per heavy atom. The highest BCUT2D eigenvalue weighted by atomic mass is 16.3. The van der Waals surface area contributed by atoms with Gasteiger partial charge >= 0.3 is 0 Å². The summed E-state index contributed by atoms with van der Waals surface area (Å²) in [6, 6.07) is 14.4. The first kappa shape index (κ1) is 15.1. The molecular formula is C17H20N2O2. The molecule has 2 rings (SSSR count). The van der Waals surface area contributed by atoms with Crippen molar-refractivity contribution in [3.63, 3.8) is 0 Å². The number of likely N-dealkylation sites (N-methyl/N-ethyl adjacent to an activating group) is 1. The van der Waals surface area contributed by atoms with Crippen LogP contribution >= 0.6 is 0 Å². The minimum absolute atomic E-state index is 0.0102. The second-order valence-corrected chi connectivity index (χ2v) is 4.81. The Morgan fingerprint density at radius 1 is 1.14 bits per heavy atom. The molecular weight excluding hydrogens is 264 g/mol. The Bertz CT molecular complexity index is 626. The largest absolute Gasteiger partial charge is 0.508 e. The lowest BCUT2D eigenvalue weighted by Gasteiger charge is -2.22. The van der Waals surface area contributed by atoms with Gasteiger partial charge in [-0.25, -0.2) is 0 Å². The van der Waals surface area contributed by atoms with Gasteiger partial charge in [-0.3, -0.25) is 4.79 Å². The summed E-state index contributed by atoms with van der Waals surface area (Å²) in [5.41, 5.74) is 8.34. The zero-order valence-electron chi connectivity index (χ0n) is 12.1. The first-order chi connectivity index (χ1) is 10.2. The van der Waals surface area contributed by atoms with Crippen molar-refractivity contribution < 1.29 is 9.90 Å². The van der Waals surface area contributed by atoms with Crippen molar-refractivity contribution in [3.05, 3.63) is 59.7 Å². The number of aromatic hydroxyl groups is 1. The van der Waals surface area contributed by atoms with E-state index in [1.165, 1.54) is 0 Å². The predicted molar refractivity (Wildman–Crippen MR) is 84.2 cm³/mol. The third-order valence-electron chi connectivity index (χ3n) is 3.44. The number of amides is 1. The fourth-order valence-corrected chi connectivity index (χ4v) is 2.35. The molecule has 2 aromatic carbocycles. The number of anilines is 1. The maximum absolute atomic E-state index is 12.5. The van der Waals surface area contributed by atoms with Gasteiger partial charge in [-0.2, -0.15) is 0 Å². The average molecular weight is 284 g/mol. The predicted octanol–water partition coefficient (Wildman–Crippen LogP) is 2.45. The summed E-state index contributed by atoms with van der Waals surface area (Å²) in [7, 11) is 0. The number of phenolic OH excluding ortho intramolecular Hbond substituents is 1. The number of hydrogen-bond donors (Lipinski definition) is 2. The van der Waals surface area contributed by atoms with E-state index in [1.807, 2.05) is 37.3 Å². The van der Waals surface area contributed by atoms with Crippen LogP contribution in [0.4, 0.5) is 5.69 Å². The summed E-state index contributed by atoms with van der Waals surface area (Å²) in [6.45, 7) is 2.88. The highest BCUT2D eigenvalue weighted by molar-refractivity contribution is 5.95. The molecule has 0 saturated heterocycles. The molecule has 0 bridgehead atoms. The molecule has 3 N–H and O–H groups in total. The minimum atomic E-state index is -0.0102. The van der Waals surface area contributed by atoms with Gasteiger partial charge in [-0.1, -0.05) is 30.3 Å². The van der Waals surface area contributed by atoms with Gasteiger partial charge in [0, 0.05) is 24.8 Å². The number of carbonyl (C=O) groups excluding carboxylic acids is 1. The van der Waals surface area contributed by atoms with Crippen molar-refractivity contribution in [2.75, 3.05) is 11.4 Å². The van der Waals surface area contributed by atoms with Crippen molar-refractivity contribution in [3.8, 4) is 5.75 Å². The van der Waals surface area contributed by atoms with Crippen molar-refractivity contribution >= 4 is 11.6 Å². The van der Waals surface area contributed by atoms with Crippen LogP contribution in [0, 0.1) is 0 Å². The van der Waals surface area contributed by atoms with E-state index in [4.69, 9.17) is 5.73 Å². The zero-order chi connectivity index (χ0) is 15.2. The van der Waals surface area contributed by atoms with Gasteiger partial charge in [-0.15, -0.1) is 0 Å². The topological polar surface area (TPSA) is 66.6 Å². The lowest BCUT2D eigenvalue weighted by molar-refractivity contribution is -0.117. The van der Waals surface area contributed by atoms with Gasteiger partial charge in [-0.05, 0) is 30.2 Å². The summed E-state index contributed by atoms with van der Waals surface area (Å²) in [6.07, 6.45) is 0.302. The first-order valence-corrected chi connectivity index (χ1v) is 7.02. The number of nitrogens with zero attached hydrogens (tertiary/aromatic N) is 1. The Balaban J connectivity index is 2.21. The molecule has 0 fully saturated rings. The van der Waals surface area contributed by atoms with Crippen molar-refractivity contribution in [2.24, 2.45) is 5.73 Å². The Hall–Kier alpha value is -2.33. The van der Waals surface area contributed by atoms with Gasteiger partial charge in [0.2, 0.25) is 5.91 Å². The molecule has 0 spiro atoms. The van der Waals surface area contributed by atoms with Crippen LogP contribution in [0.1, 0.15) is 18.1 Å². The maximum atomic E-state index is 12.5. The number of phenols is 1. The molecule has 0 aliphatic rings. The van der Waals surface area contributed by atoms with Crippen LogP contribution in [0.25, 0.3) is 0 Å². The molecule has 4 heteroatoms. The third-order valence-corrected chi connectivity index (χ3v) is 3.44. The van der Waals surface area contributed by atoms with Crippen molar-refractivity contribution in [2.45, 2.75) is 19.9 Å². The van der Waals surface area contributed by atoms with E-state index in [-0.39, 0.29) is 11.7 Å². The van der Waals surface area contributed by atoms with Crippen molar-refractivity contribution in [1.82, 2.24) is 0 Å². The fraction of sp³-hybridized carbons (Fsp3) is 0.235. The summed E-state index contributed by atoms with van der Waals surface area (Å²) in [4.78, 5) is 14.2. The molecule has 0 atom stereocenters. The Morgan fingerprint density at radius 2 is 1.86 bits per heavy atom. The molecule has 0 aliphatic carbocycles. The van der Waals surface area contributed by atoms with Crippen LogP contribution < -0.4 is 10.6 Å². The second-order valence-electron chi connectivity index (χ2n) is 4.81. The SMILES string of the molecule is CCN(C(=O)Cc1ccccc1CN)c1cccc(O)c1. The standard InChI is InChI=1S/C17H20N2O2/c1-2-19(15-8-5-9-16(20)11-15)17(21)10-13-6-3-4-7-14(13)12-18/h3-9,11,20H,2,10,12,18H2,1H3. The number of nitrogens with two attached hydrogens (primary N) is 1. The lowest BCUT2D eigenvalue weighted by atomic mass is 10.0. The second kappa shape index (κ2) is 6.90. The molecule has 4 nitrogen and oxygen atoms in total. The Kier molecular flexibility index (Phi) is 4.95. The fourth-order valence-electron chi connectivity index (χ4n) is 2.35. The quantitative estimate of drug-likeness (QED) is 0.886. The monoisotopic (exact) mass is 284 g/mol. The smallest absolute Gasteiger partial charge is 0.231 e. The number of benzene rings is 2. The highest BCUT2D eigenvalue weighted by Gasteiger charge is 2.16. The molecule has 0 heterocycles. The van der Waals surface area contributed by atoms with Gasteiger partial charge in [0.15, 0.2) is 0 Å². The molecule has 0 saturated carbocycles. The van der Waals surface area contributed by atoms with E-state index in [9.17, 15) is 9.90 Å². The third kappa shape index (κ3) is 3.61. The van der Waals surface area contributed by atoms with Crippen LogP contribution in [-0.4, -0.2) is 17.6 Å². The van der Waals surface area contributed by atoms with E-state index in [2.05, 4.69) is 0 Å². The van der Waals surface area contributed by atoms with E-state index >= 15 is 0 Å². The van der Waals surface area contributed by atoms with Gasteiger partial charge in [0.1, 0.15) is 5.75 Å². The molecule has 110 valence electrons. The molecule has 2 aromatic rings. The van der Waals surface area contributed by atoms with E-state index < -0.39 is 0 Å². The maximum Gasteiger partial charge on any atom is 0.231 e. The van der Waals surface area contributed by atoms with Gasteiger partial charge < -0.3 is 15.7 Å². The summed E-state index contributed by atoms with van der Waals surface area (Å²) in [5, 5.41) is 9.56. The molecule has 0 aromatic heterocycles. The molecule has 21 heavy (non-hydrogen) atoms. The van der Waals surface area contributed by atoms with Crippen LogP contribution in [0.5, 0.6) is 5.75 Å². The molecule has 1 amide bonds. The normalized spacial score (nSPS) is 10.4. The van der Waals surface area contributed by atoms with E-state index in [1.54, 1.807) is 23.1 Å². The van der Waals surface area contributed by atoms with Crippen molar-refractivity contribution in [1.29, 1.82) is 0 Å². The average Bonchev–Trinajstić information content (AvgIpc) is 2.48. The van der Waals surface area contributed by atoms with Crippen LogP contribution in [-0.2, 0) is 17.8 Å². The van der Waals surface area contributed by atoms with Gasteiger partial charge in [0.25, 0.3) is 0 Å². The minimum Gasteiger partial charge on any atom is -0.508 e. The summed E-state index contributed by atoms with van der Waals surface area (Å²) >= 11 is 0. The summed E-state index contributed by atoms with van der Waals surface area (Å²) in [5.74, 6) is 0.144. The molecule has 0 unspecified atom stereocenters. The number of hydrogen-bond acceptors (Lipinski definition) is 3. The highest BCUT2D eigenvalue weighted by Crippen LogP contribution is 2.21. The lowest BCUT2D eigenvalue weighted by Crippen LogP contribution is -2.32. The van der Waals surface area contributed by atoms with E-state index in [0.29, 0.717) is 25.2 Å². The molecule has 0 radical (unpaired) electrons. The van der Waals surface area contributed by atoms with Crippen LogP contribution in [0.2, 0.25) is 0 Å². The number of rotatable bonds is 5. The zero-order valence-corrected chi connectivity index (χ0v) is 12.1. The summed E-state index contributed by atoms with van der Waals surface area (Å²) < 4.78 is 0. The van der Waals surface area contributed by atoms with E-state index in [0.717, 1.165) is 11.1 Å². The number of carbonyl (C=O) groups is 1. The first-order valence-electron chi connectivity index (χ1n) is 7.02.